The first-order valence-corrected chi connectivity index (χ1v) is 7.69. The maximum Gasteiger partial charge on any atom is 0.128 e. The van der Waals surface area contributed by atoms with Gasteiger partial charge in [0.25, 0.3) is 0 Å². The number of nitrogens with zero attached hydrogens (tertiary/aromatic N) is 3. The highest BCUT2D eigenvalue weighted by Crippen LogP contribution is 2.29. The lowest BCUT2D eigenvalue weighted by Gasteiger charge is -2.36. The monoisotopic (exact) mass is 275 g/mol. The Kier molecular flexibility index (Phi) is 3.94. The fourth-order valence-corrected chi connectivity index (χ4v) is 3.19. The second kappa shape index (κ2) is 5.70. The predicted octanol–water partition coefficient (Wildman–Crippen LogP) is 2.16. The Morgan fingerprint density at radius 1 is 1.25 bits per heavy atom. The van der Waals surface area contributed by atoms with E-state index in [0.29, 0.717) is 6.10 Å². The molecule has 3 rings (SSSR count). The van der Waals surface area contributed by atoms with Crippen molar-refractivity contribution < 1.29 is 4.74 Å². The van der Waals surface area contributed by atoms with E-state index in [2.05, 4.69) is 40.8 Å². The quantitative estimate of drug-likeness (QED) is 0.845. The molecule has 20 heavy (non-hydrogen) atoms. The van der Waals surface area contributed by atoms with E-state index in [9.17, 15) is 0 Å². The van der Waals surface area contributed by atoms with E-state index in [1.807, 2.05) is 12.3 Å². The summed E-state index contributed by atoms with van der Waals surface area (Å²) in [5, 5.41) is 0. The molecule has 0 spiro atoms. The molecule has 0 N–H and O–H groups in total. The van der Waals surface area contributed by atoms with Crippen molar-refractivity contribution in [3.63, 3.8) is 0 Å². The number of hydrogen-bond acceptors (Lipinski definition) is 4. The van der Waals surface area contributed by atoms with E-state index < -0.39 is 0 Å². The Balaban J connectivity index is 1.47. The van der Waals surface area contributed by atoms with Gasteiger partial charge in [-0.2, -0.15) is 0 Å². The van der Waals surface area contributed by atoms with Crippen molar-refractivity contribution in [3.8, 4) is 0 Å². The minimum absolute atomic E-state index is 0.0838. The van der Waals surface area contributed by atoms with Crippen LogP contribution in [-0.2, 0) is 4.74 Å². The van der Waals surface area contributed by atoms with Gasteiger partial charge in [-0.25, -0.2) is 4.98 Å². The van der Waals surface area contributed by atoms with Gasteiger partial charge in [0.1, 0.15) is 5.82 Å². The molecule has 0 amide bonds. The van der Waals surface area contributed by atoms with Gasteiger partial charge >= 0.3 is 0 Å². The summed E-state index contributed by atoms with van der Waals surface area (Å²) in [4.78, 5) is 9.34. The number of ether oxygens (including phenoxy) is 1. The standard InChI is InChI=1S/C16H25N3O/c1-16(2)7-6-14(20-16)13-18-9-11-19(12-10-18)15-5-3-4-8-17-15/h3-5,8,14H,6-7,9-13H2,1-2H3/t14-/m0/s1. The number of piperazine rings is 1. The van der Waals surface area contributed by atoms with Crippen LogP contribution in [0.15, 0.2) is 24.4 Å². The summed E-state index contributed by atoms with van der Waals surface area (Å²) in [6, 6.07) is 6.13. The summed E-state index contributed by atoms with van der Waals surface area (Å²) in [7, 11) is 0. The minimum Gasteiger partial charge on any atom is -0.371 e. The molecule has 0 unspecified atom stereocenters. The van der Waals surface area contributed by atoms with Gasteiger partial charge in [-0.15, -0.1) is 0 Å². The lowest BCUT2D eigenvalue weighted by atomic mass is 10.1. The van der Waals surface area contributed by atoms with Gasteiger partial charge in [0, 0.05) is 38.9 Å². The Morgan fingerprint density at radius 3 is 2.65 bits per heavy atom. The Bertz CT molecular complexity index is 427. The predicted molar refractivity (Wildman–Crippen MR) is 81.1 cm³/mol. The van der Waals surface area contributed by atoms with E-state index in [0.717, 1.165) is 38.5 Å². The summed E-state index contributed by atoms with van der Waals surface area (Å²) in [6.45, 7) is 9.82. The van der Waals surface area contributed by atoms with Gasteiger partial charge in [0.15, 0.2) is 0 Å². The Labute approximate surface area is 121 Å². The van der Waals surface area contributed by atoms with Gasteiger partial charge in [0.2, 0.25) is 0 Å². The molecule has 0 bridgehead atoms. The highest BCUT2D eigenvalue weighted by atomic mass is 16.5. The highest BCUT2D eigenvalue weighted by molar-refractivity contribution is 5.38. The third-order valence-corrected chi connectivity index (χ3v) is 4.36. The van der Waals surface area contributed by atoms with Crippen LogP contribution in [0.4, 0.5) is 5.82 Å². The zero-order valence-corrected chi connectivity index (χ0v) is 12.6. The van der Waals surface area contributed by atoms with E-state index >= 15 is 0 Å². The molecule has 0 saturated carbocycles. The van der Waals surface area contributed by atoms with Crippen LogP contribution in [0.1, 0.15) is 26.7 Å². The molecule has 2 fully saturated rings. The van der Waals surface area contributed by atoms with Gasteiger partial charge in [0.05, 0.1) is 11.7 Å². The van der Waals surface area contributed by atoms with E-state index in [1.54, 1.807) is 0 Å². The van der Waals surface area contributed by atoms with Crippen LogP contribution in [0.5, 0.6) is 0 Å². The molecule has 3 heterocycles. The summed E-state index contributed by atoms with van der Waals surface area (Å²) in [6.07, 6.45) is 4.68. The second-order valence-electron chi connectivity index (χ2n) is 6.51. The summed E-state index contributed by atoms with van der Waals surface area (Å²) >= 11 is 0. The first-order valence-electron chi connectivity index (χ1n) is 7.69. The van der Waals surface area contributed by atoms with E-state index in [1.165, 1.54) is 12.8 Å². The van der Waals surface area contributed by atoms with Crippen LogP contribution in [0, 0.1) is 0 Å². The zero-order valence-electron chi connectivity index (χ0n) is 12.6. The van der Waals surface area contributed by atoms with Crippen LogP contribution in [0.25, 0.3) is 0 Å². The van der Waals surface area contributed by atoms with Crippen LogP contribution in [-0.4, -0.2) is 54.3 Å². The molecule has 4 nitrogen and oxygen atoms in total. The molecule has 1 aromatic heterocycles. The van der Waals surface area contributed by atoms with Gasteiger partial charge in [-0.1, -0.05) is 6.07 Å². The van der Waals surface area contributed by atoms with Crippen LogP contribution in [0.3, 0.4) is 0 Å². The highest BCUT2D eigenvalue weighted by Gasteiger charge is 2.33. The van der Waals surface area contributed by atoms with Crippen LogP contribution >= 0.6 is 0 Å². The van der Waals surface area contributed by atoms with Crippen LogP contribution in [0.2, 0.25) is 0 Å². The first-order chi connectivity index (χ1) is 9.62. The SMILES string of the molecule is CC1(C)CC[C@@H](CN2CCN(c3ccccn3)CC2)O1. The maximum atomic E-state index is 6.10. The van der Waals surface area contributed by atoms with E-state index in [-0.39, 0.29) is 5.60 Å². The third-order valence-electron chi connectivity index (χ3n) is 4.36. The van der Waals surface area contributed by atoms with Crippen molar-refractivity contribution in [1.82, 2.24) is 9.88 Å². The van der Waals surface area contributed by atoms with Gasteiger partial charge in [-0.3, -0.25) is 4.90 Å². The molecule has 1 atom stereocenters. The second-order valence-corrected chi connectivity index (χ2v) is 6.51. The first kappa shape index (κ1) is 13.8. The summed E-state index contributed by atoms with van der Waals surface area (Å²) in [5.41, 5.74) is 0.0838. The van der Waals surface area contributed by atoms with Crippen molar-refractivity contribution in [2.24, 2.45) is 0 Å². The minimum atomic E-state index is 0.0838. The molecule has 1 aromatic rings. The largest absolute Gasteiger partial charge is 0.371 e. The average Bonchev–Trinajstić information content (AvgIpc) is 2.80. The molecule has 2 saturated heterocycles. The summed E-state index contributed by atoms with van der Waals surface area (Å²) in [5.74, 6) is 1.10. The molecular weight excluding hydrogens is 250 g/mol. The number of rotatable bonds is 3. The van der Waals surface area contributed by atoms with E-state index in [4.69, 9.17) is 4.74 Å². The molecule has 0 aliphatic carbocycles. The number of aromatic nitrogens is 1. The van der Waals surface area contributed by atoms with Crippen LogP contribution < -0.4 is 4.90 Å². The van der Waals surface area contributed by atoms with Crippen molar-refractivity contribution in [2.75, 3.05) is 37.6 Å². The normalized spacial score (nSPS) is 26.9. The lowest BCUT2D eigenvalue weighted by Crippen LogP contribution is -2.49. The molecule has 110 valence electrons. The molecule has 0 radical (unpaired) electrons. The zero-order chi connectivity index (χ0) is 14.0. The van der Waals surface area contributed by atoms with Crippen molar-refractivity contribution in [1.29, 1.82) is 0 Å². The molecule has 4 heteroatoms. The topological polar surface area (TPSA) is 28.6 Å². The molecular formula is C16H25N3O. The van der Waals surface area contributed by atoms with Crippen molar-refractivity contribution in [3.05, 3.63) is 24.4 Å². The van der Waals surface area contributed by atoms with Gasteiger partial charge in [-0.05, 0) is 38.8 Å². The van der Waals surface area contributed by atoms with Crippen molar-refractivity contribution >= 4 is 5.82 Å². The maximum absolute atomic E-state index is 6.10. The fraction of sp³-hybridized carbons (Fsp3) is 0.688. The lowest BCUT2D eigenvalue weighted by molar-refractivity contribution is -0.0291. The number of hydrogen-bond donors (Lipinski definition) is 0. The Hall–Kier alpha value is -1.13. The van der Waals surface area contributed by atoms with Crippen molar-refractivity contribution in [2.45, 2.75) is 38.4 Å². The molecule has 2 aliphatic heterocycles. The Morgan fingerprint density at radius 2 is 2.05 bits per heavy atom. The average molecular weight is 275 g/mol. The number of pyridine rings is 1. The number of anilines is 1. The van der Waals surface area contributed by atoms with Gasteiger partial charge < -0.3 is 9.64 Å². The fourth-order valence-electron chi connectivity index (χ4n) is 3.19. The smallest absolute Gasteiger partial charge is 0.128 e. The summed E-state index contributed by atoms with van der Waals surface area (Å²) < 4.78 is 6.10. The molecule has 2 aliphatic rings. The third kappa shape index (κ3) is 3.30. The molecule has 0 aromatic carbocycles.